The minimum atomic E-state index is -0.154. The zero-order chi connectivity index (χ0) is 12.3. The normalized spacial score (nSPS) is 29.6. The van der Waals surface area contributed by atoms with E-state index in [1.807, 2.05) is 0 Å². The summed E-state index contributed by atoms with van der Waals surface area (Å²) >= 11 is 0. The maximum Gasteiger partial charge on any atom is 0.239 e. The van der Waals surface area contributed by atoms with Crippen molar-refractivity contribution in [2.45, 2.75) is 19.3 Å². The van der Waals surface area contributed by atoms with Gasteiger partial charge < -0.3 is 15.4 Å². The van der Waals surface area contributed by atoms with Gasteiger partial charge in [-0.2, -0.15) is 0 Å². The number of nitrogens with one attached hydrogen (secondary N) is 2. The predicted molar refractivity (Wildman–Crippen MR) is 62.2 cm³/mol. The van der Waals surface area contributed by atoms with Gasteiger partial charge in [-0.05, 0) is 31.1 Å². The highest BCUT2D eigenvalue weighted by atomic mass is 16.5. The number of methoxy groups -OCH3 is 1. The lowest BCUT2D eigenvalue weighted by atomic mass is 10.0. The summed E-state index contributed by atoms with van der Waals surface area (Å²) in [4.78, 5) is 23.1. The van der Waals surface area contributed by atoms with Gasteiger partial charge in [0.15, 0.2) is 0 Å². The highest BCUT2D eigenvalue weighted by Gasteiger charge is 2.47. The van der Waals surface area contributed by atoms with E-state index in [-0.39, 0.29) is 24.3 Å². The van der Waals surface area contributed by atoms with Crippen LogP contribution in [0.4, 0.5) is 0 Å². The number of ether oxygens (including phenoxy) is 1. The van der Waals surface area contributed by atoms with Crippen LogP contribution in [0.2, 0.25) is 0 Å². The summed E-state index contributed by atoms with van der Waals surface area (Å²) in [7, 11) is 1.58. The SMILES string of the molecule is COCCNC(=O)CNC(=O)C1CC2CC2C1. The third kappa shape index (κ3) is 3.43. The van der Waals surface area contributed by atoms with E-state index >= 15 is 0 Å². The summed E-state index contributed by atoms with van der Waals surface area (Å²) < 4.78 is 4.81. The summed E-state index contributed by atoms with van der Waals surface area (Å²) in [6.45, 7) is 1.05. The minimum Gasteiger partial charge on any atom is -0.383 e. The lowest BCUT2D eigenvalue weighted by molar-refractivity contribution is -0.128. The minimum absolute atomic E-state index is 0.0408. The molecule has 17 heavy (non-hydrogen) atoms. The van der Waals surface area contributed by atoms with Crippen LogP contribution in [-0.4, -0.2) is 38.6 Å². The zero-order valence-corrected chi connectivity index (χ0v) is 10.2. The fraction of sp³-hybridized carbons (Fsp3) is 0.833. The van der Waals surface area contributed by atoms with Crippen molar-refractivity contribution >= 4 is 11.8 Å². The molecule has 2 N–H and O–H groups in total. The highest BCUT2D eigenvalue weighted by molar-refractivity contribution is 5.86. The molecule has 96 valence electrons. The molecule has 2 atom stereocenters. The highest BCUT2D eigenvalue weighted by Crippen LogP contribution is 2.54. The Hall–Kier alpha value is -1.10. The van der Waals surface area contributed by atoms with Crippen molar-refractivity contribution in [3.63, 3.8) is 0 Å². The van der Waals surface area contributed by atoms with Crippen LogP contribution in [0, 0.1) is 17.8 Å². The smallest absolute Gasteiger partial charge is 0.239 e. The van der Waals surface area contributed by atoms with Gasteiger partial charge in [-0.1, -0.05) is 0 Å². The van der Waals surface area contributed by atoms with E-state index in [0.29, 0.717) is 13.2 Å². The van der Waals surface area contributed by atoms with Crippen molar-refractivity contribution < 1.29 is 14.3 Å². The number of amides is 2. The number of carbonyl (C=O) groups excluding carboxylic acids is 2. The van der Waals surface area contributed by atoms with Crippen LogP contribution in [0.1, 0.15) is 19.3 Å². The first-order valence-corrected chi connectivity index (χ1v) is 6.24. The second-order valence-corrected chi connectivity index (χ2v) is 4.98. The summed E-state index contributed by atoms with van der Waals surface area (Å²) in [5, 5.41) is 5.37. The number of hydrogen-bond acceptors (Lipinski definition) is 3. The van der Waals surface area contributed by atoms with E-state index in [0.717, 1.165) is 24.7 Å². The molecule has 2 aliphatic carbocycles. The molecule has 2 unspecified atom stereocenters. The second kappa shape index (κ2) is 5.49. The first-order valence-electron chi connectivity index (χ1n) is 6.24. The second-order valence-electron chi connectivity index (χ2n) is 4.98. The Kier molecular flexibility index (Phi) is 3.99. The van der Waals surface area contributed by atoms with Gasteiger partial charge in [-0.3, -0.25) is 9.59 Å². The van der Waals surface area contributed by atoms with Crippen LogP contribution in [0.3, 0.4) is 0 Å². The van der Waals surface area contributed by atoms with Crippen LogP contribution in [0.25, 0.3) is 0 Å². The number of rotatable bonds is 6. The van der Waals surface area contributed by atoms with Crippen molar-refractivity contribution in [1.82, 2.24) is 10.6 Å². The van der Waals surface area contributed by atoms with Crippen molar-refractivity contribution in [2.75, 3.05) is 26.8 Å². The molecule has 2 saturated carbocycles. The number of carbonyl (C=O) groups is 2. The summed E-state index contributed by atoms with van der Waals surface area (Å²) in [5.41, 5.74) is 0. The topological polar surface area (TPSA) is 67.4 Å². The first-order chi connectivity index (χ1) is 8.20. The van der Waals surface area contributed by atoms with Crippen molar-refractivity contribution in [3.8, 4) is 0 Å². The Bertz CT molecular complexity index is 296. The molecule has 0 bridgehead atoms. The van der Waals surface area contributed by atoms with Crippen molar-refractivity contribution in [3.05, 3.63) is 0 Å². The standard InChI is InChI=1S/C12H20N2O3/c1-17-3-2-13-11(15)7-14-12(16)10-5-8-4-9(8)6-10/h8-10H,2-7H2,1H3,(H,13,15)(H,14,16). The molecule has 0 spiro atoms. The number of hydrogen-bond donors (Lipinski definition) is 2. The van der Waals surface area contributed by atoms with E-state index in [4.69, 9.17) is 4.74 Å². The third-order valence-corrected chi connectivity index (χ3v) is 3.67. The third-order valence-electron chi connectivity index (χ3n) is 3.67. The van der Waals surface area contributed by atoms with Crippen LogP contribution in [-0.2, 0) is 14.3 Å². The largest absolute Gasteiger partial charge is 0.383 e. The van der Waals surface area contributed by atoms with Crippen LogP contribution < -0.4 is 10.6 Å². The molecule has 5 nitrogen and oxygen atoms in total. The molecular formula is C12H20N2O3. The first kappa shape index (κ1) is 12.4. The van der Waals surface area contributed by atoms with E-state index < -0.39 is 0 Å². The Morgan fingerprint density at radius 1 is 1.18 bits per heavy atom. The molecule has 0 aliphatic heterocycles. The van der Waals surface area contributed by atoms with E-state index in [1.165, 1.54) is 6.42 Å². The fourth-order valence-electron chi connectivity index (χ4n) is 2.60. The van der Waals surface area contributed by atoms with Crippen LogP contribution >= 0.6 is 0 Å². The molecule has 0 aromatic carbocycles. The Labute approximate surface area is 101 Å². The Morgan fingerprint density at radius 3 is 2.53 bits per heavy atom. The quantitative estimate of drug-likeness (QED) is 0.638. The lowest BCUT2D eigenvalue weighted by Gasteiger charge is -2.12. The molecule has 0 heterocycles. The molecule has 2 rings (SSSR count). The molecular weight excluding hydrogens is 220 g/mol. The molecule has 5 heteroatoms. The van der Waals surface area contributed by atoms with Gasteiger partial charge in [-0.25, -0.2) is 0 Å². The molecule has 2 amide bonds. The average Bonchev–Trinajstić information content (AvgIpc) is 2.93. The van der Waals surface area contributed by atoms with E-state index in [1.54, 1.807) is 7.11 Å². The van der Waals surface area contributed by atoms with Gasteiger partial charge in [0.1, 0.15) is 0 Å². The van der Waals surface area contributed by atoms with Gasteiger partial charge in [0.05, 0.1) is 13.2 Å². The summed E-state index contributed by atoms with van der Waals surface area (Å²) in [5.74, 6) is 1.62. The van der Waals surface area contributed by atoms with E-state index in [9.17, 15) is 9.59 Å². The van der Waals surface area contributed by atoms with Crippen molar-refractivity contribution in [1.29, 1.82) is 0 Å². The fourth-order valence-corrected chi connectivity index (χ4v) is 2.60. The van der Waals surface area contributed by atoms with Gasteiger partial charge in [-0.15, -0.1) is 0 Å². The van der Waals surface area contributed by atoms with Gasteiger partial charge in [0.2, 0.25) is 11.8 Å². The molecule has 0 radical (unpaired) electrons. The molecule has 0 aromatic rings. The average molecular weight is 240 g/mol. The van der Waals surface area contributed by atoms with Crippen LogP contribution in [0.5, 0.6) is 0 Å². The monoisotopic (exact) mass is 240 g/mol. The van der Waals surface area contributed by atoms with Crippen LogP contribution in [0.15, 0.2) is 0 Å². The number of fused-ring (bicyclic) bond motifs is 1. The molecule has 0 saturated heterocycles. The Balaban J connectivity index is 1.57. The molecule has 2 aliphatic rings. The molecule has 0 aromatic heterocycles. The van der Waals surface area contributed by atoms with Gasteiger partial charge in [0.25, 0.3) is 0 Å². The van der Waals surface area contributed by atoms with E-state index in [2.05, 4.69) is 10.6 Å². The maximum absolute atomic E-state index is 11.7. The lowest BCUT2D eigenvalue weighted by Crippen LogP contribution is -2.40. The summed E-state index contributed by atoms with van der Waals surface area (Å²) in [6.07, 6.45) is 3.34. The zero-order valence-electron chi connectivity index (χ0n) is 10.2. The Morgan fingerprint density at radius 2 is 1.88 bits per heavy atom. The van der Waals surface area contributed by atoms with Gasteiger partial charge in [0, 0.05) is 19.6 Å². The predicted octanol–water partition coefficient (Wildman–Crippen LogP) is -0.0887. The van der Waals surface area contributed by atoms with Crippen molar-refractivity contribution in [2.24, 2.45) is 17.8 Å². The maximum atomic E-state index is 11.7. The summed E-state index contributed by atoms with van der Waals surface area (Å²) in [6, 6.07) is 0. The molecule has 2 fully saturated rings. The van der Waals surface area contributed by atoms with Gasteiger partial charge >= 0.3 is 0 Å².